The minimum atomic E-state index is -3.49. The predicted octanol–water partition coefficient (Wildman–Crippen LogP) is 3.61. The van der Waals surface area contributed by atoms with E-state index < -0.39 is 16.1 Å². The summed E-state index contributed by atoms with van der Waals surface area (Å²) in [4.78, 5) is 27.8. The number of hydrogen-bond acceptors (Lipinski definition) is 4. The molecule has 34 heavy (non-hydrogen) atoms. The van der Waals surface area contributed by atoms with Gasteiger partial charge in [-0.05, 0) is 50.8 Å². The molecule has 0 heterocycles. The molecule has 1 N–H and O–H groups in total. The van der Waals surface area contributed by atoms with Crippen LogP contribution < -0.4 is 9.62 Å². The van der Waals surface area contributed by atoms with Crippen LogP contribution in [0.25, 0.3) is 0 Å². The van der Waals surface area contributed by atoms with Crippen LogP contribution in [0.3, 0.4) is 0 Å². The fraction of sp³-hybridized carbons (Fsp3) is 0.462. The van der Waals surface area contributed by atoms with Crippen molar-refractivity contribution in [3.05, 3.63) is 66.2 Å². The summed E-state index contributed by atoms with van der Waals surface area (Å²) in [7, 11) is -3.49. The van der Waals surface area contributed by atoms with Crippen molar-refractivity contribution in [2.45, 2.75) is 58.5 Å². The average Bonchev–Trinajstić information content (AvgIpc) is 2.79. The van der Waals surface area contributed by atoms with Gasteiger partial charge in [-0.1, -0.05) is 55.5 Å². The highest BCUT2D eigenvalue weighted by molar-refractivity contribution is 7.92. The molecule has 0 aliphatic heterocycles. The molecule has 2 rings (SSSR count). The second kappa shape index (κ2) is 13.1. The zero-order valence-electron chi connectivity index (χ0n) is 20.6. The molecule has 0 fully saturated rings. The Balaban J connectivity index is 2.13. The van der Waals surface area contributed by atoms with Gasteiger partial charge in [-0.3, -0.25) is 13.9 Å². The number of benzene rings is 2. The molecule has 2 aromatic rings. The van der Waals surface area contributed by atoms with Crippen molar-refractivity contribution in [3.8, 4) is 0 Å². The van der Waals surface area contributed by atoms with Crippen molar-refractivity contribution in [2.24, 2.45) is 0 Å². The van der Waals surface area contributed by atoms with Gasteiger partial charge >= 0.3 is 0 Å². The minimum absolute atomic E-state index is 0.0261. The Morgan fingerprint density at radius 3 is 2.06 bits per heavy atom. The lowest BCUT2D eigenvalue weighted by molar-refractivity contribution is -0.141. The van der Waals surface area contributed by atoms with Crippen LogP contribution in [0.1, 0.15) is 45.6 Å². The van der Waals surface area contributed by atoms with E-state index in [-0.39, 0.29) is 30.8 Å². The topological polar surface area (TPSA) is 86.8 Å². The summed E-state index contributed by atoms with van der Waals surface area (Å²) >= 11 is 0. The number of carbonyl (C=O) groups excluding carboxylic acids is 2. The molecule has 2 aromatic carbocycles. The van der Waals surface area contributed by atoms with E-state index in [1.54, 1.807) is 29.2 Å². The van der Waals surface area contributed by atoms with Crippen molar-refractivity contribution in [2.75, 3.05) is 23.7 Å². The summed E-state index contributed by atoms with van der Waals surface area (Å²) in [6.45, 7) is 6.29. The number of nitrogens with zero attached hydrogens (tertiary/aromatic N) is 2. The fourth-order valence-electron chi connectivity index (χ4n) is 3.87. The van der Waals surface area contributed by atoms with Gasteiger partial charge in [0.1, 0.15) is 6.04 Å². The first-order valence-corrected chi connectivity index (χ1v) is 13.6. The molecule has 0 aromatic heterocycles. The molecule has 7 nitrogen and oxygen atoms in total. The quantitative estimate of drug-likeness (QED) is 0.468. The molecule has 2 amide bonds. The van der Waals surface area contributed by atoms with Gasteiger partial charge in [0, 0.05) is 25.6 Å². The molecule has 0 bridgehead atoms. The Hall–Kier alpha value is -2.87. The molecular formula is C26H37N3O4S. The van der Waals surface area contributed by atoms with E-state index in [9.17, 15) is 18.0 Å². The maximum atomic E-state index is 13.3. The van der Waals surface area contributed by atoms with E-state index in [1.165, 1.54) is 4.31 Å². The molecule has 1 atom stereocenters. The van der Waals surface area contributed by atoms with Gasteiger partial charge in [0.05, 0.1) is 11.9 Å². The van der Waals surface area contributed by atoms with Gasteiger partial charge in [-0.25, -0.2) is 8.42 Å². The summed E-state index contributed by atoms with van der Waals surface area (Å²) < 4.78 is 26.0. The first-order valence-electron chi connectivity index (χ1n) is 11.8. The maximum absolute atomic E-state index is 13.3. The molecule has 0 radical (unpaired) electrons. The third-order valence-corrected chi connectivity index (χ3v) is 6.69. The Labute approximate surface area is 204 Å². The first kappa shape index (κ1) is 27.4. The Morgan fingerprint density at radius 2 is 1.53 bits per heavy atom. The SMILES string of the molecule is CCC(C(=O)NC(C)C)N(CCc1ccccc1)C(=O)CCCN(c1ccccc1)S(C)(=O)=O. The largest absolute Gasteiger partial charge is 0.352 e. The highest BCUT2D eigenvalue weighted by atomic mass is 32.2. The molecule has 0 saturated carbocycles. The molecule has 0 spiro atoms. The molecule has 186 valence electrons. The number of sulfonamides is 1. The van der Waals surface area contributed by atoms with Crippen molar-refractivity contribution in [1.29, 1.82) is 0 Å². The van der Waals surface area contributed by atoms with Gasteiger partial charge in [0.2, 0.25) is 21.8 Å². The molecular weight excluding hydrogens is 450 g/mol. The predicted molar refractivity (Wildman–Crippen MR) is 137 cm³/mol. The van der Waals surface area contributed by atoms with E-state index in [0.717, 1.165) is 11.8 Å². The van der Waals surface area contributed by atoms with E-state index in [1.807, 2.05) is 57.2 Å². The van der Waals surface area contributed by atoms with Crippen molar-refractivity contribution in [3.63, 3.8) is 0 Å². The second-order valence-corrected chi connectivity index (χ2v) is 10.6. The lowest BCUT2D eigenvalue weighted by atomic mass is 10.1. The Morgan fingerprint density at radius 1 is 0.941 bits per heavy atom. The van der Waals surface area contributed by atoms with Crippen LogP contribution in [0.4, 0.5) is 5.69 Å². The van der Waals surface area contributed by atoms with Crippen LogP contribution in [-0.4, -0.2) is 56.6 Å². The van der Waals surface area contributed by atoms with E-state index >= 15 is 0 Å². The number of rotatable bonds is 13. The fourth-order valence-corrected chi connectivity index (χ4v) is 4.84. The van der Waals surface area contributed by atoms with E-state index in [0.29, 0.717) is 31.5 Å². The smallest absolute Gasteiger partial charge is 0.242 e. The lowest BCUT2D eigenvalue weighted by Gasteiger charge is -2.31. The van der Waals surface area contributed by atoms with Crippen LogP contribution in [0.5, 0.6) is 0 Å². The summed E-state index contributed by atoms with van der Waals surface area (Å²) in [5.41, 5.74) is 1.66. The van der Waals surface area contributed by atoms with Crippen LogP contribution >= 0.6 is 0 Å². The molecule has 0 saturated heterocycles. The van der Waals surface area contributed by atoms with Crippen LogP contribution in [-0.2, 0) is 26.0 Å². The van der Waals surface area contributed by atoms with Gasteiger partial charge < -0.3 is 10.2 Å². The number of amides is 2. The summed E-state index contributed by atoms with van der Waals surface area (Å²) in [5.74, 6) is -0.316. The third kappa shape index (κ3) is 8.48. The standard InChI is InChI=1S/C26H37N3O4S/c1-5-24(26(31)27-21(2)3)28(20-18-22-13-8-6-9-14-22)25(30)17-12-19-29(34(4,32)33)23-15-10-7-11-16-23/h6-11,13-16,21,24H,5,12,17-20H2,1-4H3,(H,27,31). The van der Waals surface area contributed by atoms with Crippen LogP contribution in [0.15, 0.2) is 60.7 Å². The number of anilines is 1. The third-order valence-electron chi connectivity index (χ3n) is 5.50. The lowest BCUT2D eigenvalue weighted by Crippen LogP contribution is -2.51. The Kier molecular flexibility index (Phi) is 10.6. The summed E-state index contributed by atoms with van der Waals surface area (Å²) in [5, 5.41) is 2.92. The number of carbonyl (C=O) groups is 2. The minimum Gasteiger partial charge on any atom is -0.352 e. The normalized spacial score (nSPS) is 12.3. The van der Waals surface area contributed by atoms with E-state index in [4.69, 9.17) is 0 Å². The van der Waals surface area contributed by atoms with Crippen molar-refractivity contribution >= 4 is 27.5 Å². The zero-order chi connectivity index (χ0) is 25.1. The van der Waals surface area contributed by atoms with Gasteiger partial charge in [0.15, 0.2) is 0 Å². The number of hydrogen-bond donors (Lipinski definition) is 1. The van der Waals surface area contributed by atoms with Crippen LogP contribution in [0.2, 0.25) is 0 Å². The van der Waals surface area contributed by atoms with Crippen molar-refractivity contribution in [1.82, 2.24) is 10.2 Å². The van der Waals surface area contributed by atoms with Crippen molar-refractivity contribution < 1.29 is 18.0 Å². The van der Waals surface area contributed by atoms with Crippen LogP contribution in [0, 0.1) is 0 Å². The van der Waals surface area contributed by atoms with Gasteiger partial charge in [0.25, 0.3) is 0 Å². The first-order chi connectivity index (χ1) is 16.1. The highest BCUT2D eigenvalue weighted by Crippen LogP contribution is 2.18. The number of nitrogens with one attached hydrogen (secondary N) is 1. The average molecular weight is 488 g/mol. The summed E-state index contributed by atoms with van der Waals surface area (Å²) in [6.07, 6.45) is 2.80. The van der Waals surface area contributed by atoms with Gasteiger partial charge in [-0.15, -0.1) is 0 Å². The summed E-state index contributed by atoms with van der Waals surface area (Å²) in [6, 6.07) is 18.1. The maximum Gasteiger partial charge on any atom is 0.242 e. The zero-order valence-corrected chi connectivity index (χ0v) is 21.4. The molecule has 0 aliphatic rings. The Bertz CT molecular complexity index is 1010. The molecule has 1 unspecified atom stereocenters. The second-order valence-electron chi connectivity index (χ2n) is 8.68. The monoisotopic (exact) mass is 487 g/mol. The number of para-hydroxylation sites is 1. The molecule has 8 heteroatoms. The highest BCUT2D eigenvalue weighted by Gasteiger charge is 2.28. The molecule has 0 aliphatic carbocycles. The van der Waals surface area contributed by atoms with Gasteiger partial charge in [-0.2, -0.15) is 0 Å². The van der Waals surface area contributed by atoms with E-state index in [2.05, 4.69) is 5.32 Å².